The van der Waals surface area contributed by atoms with Gasteiger partial charge in [0.05, 0.1) is 16.9 Å². The molecule has 0 saturated carbocycles. The molecule has 5 N–H and O–H groups in total. The number of rotatable bonds is 3. The Hall–Kier alpha value is -2.49. The number of carbonyl (C=O) groups excluding carboxylic acids is 1. The van der Waals surface area contributed by atoms with Crippen molar-refractivity contribution in [2.45, 2.75) is 25.7 Å². The van der Waals surface area contributed by atoms with Gasteiger partial charge in [-0.2, -0.15) is 0 Å². The maximum Gasteiger partial charge on any atom is 0.250 e. The minimum atomic E-state index is -0.477. The van der Waals surface area contributed by atoms with Crippen molar-refractivity contribution in [3.05, 3.63) is 53.1 Å². The van der Waals surface area contributed by atoms with Gasteiger partial charge in [0.1, 0.15) is 0 Å². The number of para-hydroxylation sites is 1. The predicted molar refractivity (Wildman–Crippen MR) is 85.7 cm³/mol. The van der Waals surface area contributed by atoms with Gasteiger partial charge in [-0.05, 0) is 55.0 Å². The Morgan fingerprint density at radius 1 is 1.05 bits per heavy atom. The molecule has 0 bridgehead atoms. The fraction of sp³-hybridized carbons (Fsp3) is 0.235. The average molecular weight is 281 g/mol. The third kappa shape index (κ3) is 2.57. The van der Waals surface area contributed by atoms with Gasteiger partial charge in [0.15, 0.2) is 0 Å². The van der Waals surface area contributed by atoms with Gasteiger partial charge in [0, 0.05) is 5.69 Å². The second-order valence-electron chi connectivity index (χ2n) is 5.41. The number of aryl methyl sites for hydroxylation is 1. The van der Waals surface area contributed by atoms with Crippen molar-refractivity contribution in [2.75, 3.05) is 11.1 Å². The minimum absolute atomic E-state index is 0.420. The Morgan fingerprint density at radius 2 is 1.81 bits per heavy atom. The molecule has 2 aromatic carbocycles. The summed E-state index contributed by atoms with van der Waals surface area (Å²) in [7, 11) is 0. The number of anilines is 3. The number of nitrogens with two attached hydrogens (primary N) is 2. The smallest absolute Gasteiger partial charge is 0.250 e. The number of primary amides is 1. The van der Waals surface area contributed by atoms with Crippen LogP contribution in [0.15, 0.2) is 36.4 Å². The lowest BCUT2D eigenvalue weighted by atomic mass is 9.90. The van der Waals surface area contributed by atoms with Crippen molar-refractivity contribution in [1.29, 1.82) is 0 Å². The second kappa shape index (κ2) is 5.48. The molecule has 1 aliphatic carbocycles. The first kappa shape index (κ1) is 13.5. The van der Waals surface area contributed by atoms with Crippen molar-refractivity contribution in [2.24, 2.45) is 5.73 Å². The zero-order valence-electron chi connectivity index (χ0n) is 11.9. The fourth-order valence-electron chi connectivity index (χ4n) is 2.95. The van der Waals surface area contributed by atoms with Crippen molar-refractivity contribution in [3.8, 4) is 0 Å². The lowest BCUT2D eigenvalue weighted by molar-refractivity contribution is 0.100. The highest BCUT2D eigenvalue weighted by Crippen LogP contribution is 2.33. The van der Waals surface area contributed by atoms with E-state index in [0.717, 1.165) is 18.5 Å². The number of nitrogen functional groups attached to an aromatic ring is 1. The highest BCUT2D eigenvalue weighted by atomic mass is 16.1. The largest absolute Gasteiger partial charge is 0.397 e. The van der Waals surface area contributed by atoms with E-state index < -0.39 is 5.91 Å². The first-order valence-corrected chi connectivity index (χ1v) is 7.23. The van der Waals surface area contributed by atoms with Crippen LogP contribution < -0.4 is 16.8 Å². The first-order valence-electron chi connectivity index (χ1n) is 7.23. The number of carbonyl (C=O) groups is 1. The van der Waals surface area contributed by atoms with E-state index in [1.54, 1.807) is 18.2 Å². The van der Waals surface area contributed by atoms with Gasteiger partial charge in [-0.3, -0.25) is 4.79 Å². The number of fused-ring (bicyclic) bond motifs is 1. The topological polar surface area (TPSA) is 81.1 Å². The van der Waals surface area contributed by atoms with E-state index in [1.165, 1.54) is 24.0 Å². The molecular formula is C17H19N3O. The molecule has 2 aromatic rings. The summed E-state index contributed by atoms with van der Waals surface area (Å²) in [6, 6.07) is 11.4. The highest BCUT2D eigenvalue weighted by molar-refractivity contribution is 6.02. The van der Waals surface area contributed by atoms with Gasteiger partial charge in [-0.15, -0.1) is 0 Å². The standard InChI is InChI=1S/C17H19N3O/c18-14-9-4-8-13(17(19)21)16(14)20-15-10-3-6-11-5-1-2-7-12(11)15/h3-4,6,8-10,20H,1-2,5,7,18H2,(H2,19,21). The van der Waals surface area contributed by atoms with Crippen molar-refractivity contribution in [3.63, 3.8) is 0 Å². The maximum absolute atomic E-state index is 11.6. The zero-order valence-corrected chi connectivity index (χ0v) is 11.9. The molecule has 0 fully saturated rings. The van der Waals surface area contributed by atoms with E-state index in [0.29, 0.717) is 16.9 Å². The van der Waals surface area contributed by atoms with Gasteiger partial charge in [0.25, 0.3) is 5.91 Å². The van der Waals surface area contributed by atoms with Crippen LogP contribution in [0, 0.1) is 0 Å². The molecule has 0 spiro atoms. The summed E-state index contributed by atoms with van der Waals surface area (Å²) in [5.41, 5.74) is 16.7. The first-order chi connectivity index (χ1) is 10.2. The van der Waals surface area contributed by atoms with Crippen LogP contribution in [0.4, 0.5) is 17.1 Å². The molecule has 0 saturated heterocycles. The summed E-state index contributed by atoms with van der Waals surface area (Å²) in [6.07, 6.45) is 4.59. The van der Waals surface area contributed by atoms with Gasteiger partial charge in [-0.25, -0.2) is 0 Å². The Morgan fingerprint density at radius 3 is 2.62 bits per heavy atom. The van der Waals surface area contributed by atoms with Crippen molar-refractivity contribution in [1.82, 2.24) is 0 Å². The molecule has 0 aromatic heterocycles. The van der Waals surface area contributed by atoms with Gasteiger partial charge >= 0.3 is 0 Å². The quantitative estimate of drug-likeness (QED) is 0.756. The monoisotopic (exact) mass is 281 g/mol. The lowest BCUT2D eigenvalue weighted by Gasteiger charge is -2.21. The molecular weight excluding hydrogens is 262 g/mol. The molecule has 0 radical (unpaired) electrons. The number of nitrogens with one attached hydrogen (secondary N) is 1. The third-order valence-electron chi connectivity index (χ3n) is 4.02. The second-order valence-corrected chi connectivity index (χ2v) is 5.41. The molecule has 1 aliphatic rings. The van der Waals surface area contributed by atoms with Crippen LogP contribution in [0.25, 0.3) is 0 Å². The van der Waals surface area contributed by atoms with E-state index >= 15 is 0 Å². The molecule has 0 unspecified atom stereocenters. The predicted octanol–water partition coefficient (Wildman–Crippen LogP) is 2.99. The Labute approximate surface area is 124 Å². The van der Waals surface area contributed by atoms with E-state index in [2.05, 4.69) is 11.4 Å². The van der Waals surface area contributed by atoms with Crippen molar-refractivity contribution >= 4 is 23.0 Å². The van der Waals surface area contributed by atoms with E-state index in [1.807, 2.05) is 12.1 Å². The number of amides is 1. The Kier molecular flexibility index (Phi) is 3.52. The molecule has 108 valence electrons. The summed E-state index contributed by atoms with van der Waals surface area (Å²) < 4.78 is 0. The van der Waals surface area contributed by atoms with E-state index in [9.17, 15) is 4.79 Å². The molecule has 0 aliphatic heterocycles. The molecule has 21 heavy (non-hydrogen) atoms. The maximum atomic E-state index is 11.6. The van der Waals surface area contributed by atoms with Crippen LogP contribution in [0.3, 0.4) is 0 Å². The average Bonchev–Trinajstić information content (AvgIpc) is 2.49. The number of hydrogen-bond donors (Lipinski definition) is 3. The normalized spacial score (nSPS) is 13.5. The molecule has 1 amide bonds. The summed E-state index contributed by atoms with van der Waals surface area (Å²) in [5.74, 6) is -0.477. The molecule has 0 heterocycles. The van der Waals surface area contributed by atoms with Crippen LogP contribution in [-0.4, -0.2) is 5.91 Å². The molecule has 0 atom stereocenters. The Balaban J connectivity index is 2.04. The van der Waals surface area contributed by atoms with Crippen molar-refractivity contribution < 1.29 is 4.79 Å². The van der Waals surface area contributed by atoms with Gasteiger partial charge < -0.3 is 16.8 Å². The van der Waals surface area contributed by atoms with Crippen LogP contribution in [0.2, 0.25) is 0 Å². The SMILES string of the molecule is NC(=O)c1cccc(N)c1Nc1cccc2c1CCCC2. The summed E-state index contributed by atoms with van der Waals surface area (Å²) in [6.45, 7) is 0. The summed E-state index contributed by atoms with van der Waals surface area (Å²) in [5, 5.41) is 3.32. The summed E-state index contributed by atoms with van der Waals surface area (Å²) >= 11 is 0. The van der Waals surface area contributed by atoms with Crippen LogP contribution >= 0.6 is 0 Å². The molecule has 4 heteroatoms. The summed E-state index contributed by atoms with van der Waals surface area (Å²) in [4.78, 5) is 11.6. The number of benzene rings is 2. The van der Waals surface area contributed by atoms with E-state index in [4.69, 9.17) is 11.5 Å². The lowest BCUT2D eigenvalue weighted by Crippen LogP contribution is -2.15. The fourth-order valence-corrected chi connectivity index (χ4v) is 2.95. The highest BCUT2D eigenvalue weighted by Gasteiger charge is 2.16. The third-order valence-corrected chi connectivity index (χ3v) is 4.02. The molecule has 3 rings (SSSR count). The molecule has 4 nitrogen and oxygen atoms in total. The van der Waals surface area contributed by atoms with Crippen LogP contribution in [0.5, 0.6) is 0 Å². The van der Waals surface area contributed by atoms with Gasteiger partial charge in [-0.1, -0.05) is 18.2 Å². The zero-order chi connectivity index (χ0) is 14.8. The van der Waals surface area contributed by atoms with Crippen LogP contribution in [0.1, 0.15) is 34.3 Å². The Bertz CT molecular complexity index is 694. The van der Waals surface area contributed by atoms with Gasteiger partial charge in [0.2, 0.25) is 0 Å². The van der Waals surface area contributed by atoms with Crippen LogP contribution in [-0.2, 0) is 12.8 Å². The number of hydrogen-bond acceptors (Lipinski definition) is 3. The van der Waals surface area contributed by atoms with E-state index in [-0.39, 0.29) is 0 Å². The minimum Gasteiger partial charge on any atom is -0.397 e.